The molecule has 0 saturated carbocycles. The van der Waals surface area contributed by atoms with Gasteiger partial charge in [-0.2, -0.15) is 8.75 Å². The third kappa shape index (κ3) is 1.42. The van der Waals surface area contributed by atoms with Gasteiger partial charge in [0.25, 0.3) is 0 Å². The van der Waals surface area contributed by atoms with Gasteiger partial charge in [-0.1, -0.05) is 0 Å². The fraction of sp³-hybridized carbons (Fsp3) is 0. The van der Waals surface area contributed by atoms with Crippen molar-refractivity contribution in [2.45, 2.75) is 0 Å². The van der Waals surface area contributed by atoms with Crippen molar-refractivity contribution in [2.24, 2.45) is 0 Å². The van der Waals surface area contributed by atoms with E-state index >= 15 is 0 Å². The number of hydrogen-bond acceptors (Lipinski definition) is 5. The first-order valence-electron chi connectivity index (χ1n) is 3.83. The predicted molar refractivity (Wildman–Crippen MR) is 51.3 cm³/mol. The Bertz CT molecular complexity index is 515. The highest BCUT2D eigenvalue weighted by atomic mass is 32.1. The molecular formula is C8H4N2O4S. The molecule has 7 heteroatoms. The fourth-order valence-corrected chi connectivity index (χ4v) is 1.79. The van der Waals surface area contributed by atoms with Gasteiger partial charge in [0.2, 0.25) is 0 Å². The molecule has 0 amide bonds. The van der Waals surface area contributed by atoms with Crippen LogP contribution in [0.5, 0.6) is 0 Å². The quantitative estimate of drug-likeness (QED) is 0.791. The van der Waals surface area contributed by atoms with Crippen molar-refractivity contribution in [2.75, 3.05) is 0 Å². The molecule has 1 aromatic carbocycles. The molecule has 2 aromatic rings. The minimum atomic E-state index is -1.15. The Hall–Kier alpha value is -2.02. The number of carboxylic acids is 2. The van der Waals surface area contributed by atoms with Crippen LogP contribution in [-0.2, 0) is 0 Å². The van der Waals surface area contributed by atoms with Gasteiger partial charge in [-0.25, -0.2) is 9.59 Å². The van der Waals surface area contributed by atoms with Crippen LogP contribution in [0.15, 0.2) is 12.1 Å². The van der Waals surface area contributed by atoms with Crippen LogP contribution in [0.3, 0.4) is 0 Å². The molecule has 0 atom stereocenters. The van der Waals surface area contributed by atoms with E-state index < -0.39 is 11.9 Å². The van der Waals surface area contributed by atoms with E-state index in [2.05, 4.69) is 8.75 Å². The van der Waals surface area contributed by atoms with E-state index in [1.54, 1.807) is 0 Å². The Balaban J connectivity index is 2.82. The van der Waals surface area contributed by atoms with Crippen LogP contribution < -0.4 is 0 Å². The van der Waals surface area contributed by atoms with E-state index in [0.29, 0.717) is 0 Å². The minimum Gasteiger partial charge on any atom is -0.478 e. The molecular weight excluding hydrogens is 220 g/mol. The maximum Gasteiger partial charge on any atom is 0.338 e. The van der Waals surface area contributed by atoms with Crippen LogP contribution in [0, 0.1) is 0 Å². The van der Waals surface area contributed by atoms with Crippen molar-refractivity contribution >= 4 is 34.7 Å². The van der Waals surface area contributed by atoms with Crippen molar-refractivity contribution in [3.8, 4) is 0 Å². The van der Waals surface area contributed by atoms with Gasteiger partial charge in [0, 0.05) is 0 Å². The zero-order valence-electron chi connectivity index (χ0n) is 7.17. The van der Waals surface area contributed by atoms with Gasteiger partial charge in [-0.15, -0.1) is 0 Å². The summed E-state index contributed by atoms with van der Waals surface area (Å²) in [5.74, 6) is -2.30. The number of fused-ring (bicyclic) bond motifs is 1. The molecule has 76 valence electrons. The first-order valence-corrected chi connectivity index (χ1v) is 4.56. The van der Waals surface area contributed by atoms with E-state index in [1.807, 2.05) is 0 Å². The van der Waals surface area contributed by atoms with Crippen molar-refractivity contribution in [1.82, 2.24) is 8.75 Å². The van der Waals surface area contributed by atoms with Crippen LogP contribution in [0.1, 0.15) is 20.7 Å². The smallest absolute Gasteiger partial charge is 0.338 e. The SMILES string of the molecule is O=C(O)c1ccc(C(=O)O)c2nsnc12. The van der Waals surface area contributed by atoms with Gasteiger partial charge in [-0.05, 0) is 12.1 Å². The Kier molecular flexibility index (Phi) is 2.09. The maximum atomic E-state index is 10.8. The lowest BCUT2D eigenvalue weighted by atomic mass is 10.1. The number of aromatic carboxylic acids is 2. The van der Waals surface area contributed by atoms with Gasteiger partial charge in [0.05, 0.1) is 22.9 Å². The summed E-state index contributed by atoms with van der Waals surface area (Å²) in [6.07, 6.45) is 0. The monoisotopic (exact) mass is 224 g/mol. The molecule has 0 fully saturated rings. The summed E-state index contributed by atoms with van der Waals surface area (Å²) in [6, 6.07) is 2.44. The Labute approximate surface area is 87.1 Å². The predicted octanol–water partition coefficient (Wildman–Crippen LogP) is 1.09. The van der Waals surface area contributed by atoms with Crippen molar-refractivity contribution < 1.29 is 19.8 Å². The number of rotatable bonds is 2. The number of benzene rings is 1. The zero-order chi connectivity index (χ0) is 11.0. The Morgan fingerprint density at radius 2 is 1.40 bits per heavy atom. The lowest BCUT2D eigenvalue weighted by molar-refractivity contribution is 0.0684. The number of carboxylic acid groups (broad SMARTS) is 2. The summed E-state index contributed by atoms with van der Waals surface area (Å²) in [5, 5.41) is 17.6. The molecule has 0 aliphatic heterocycles. The van der Waals surface area contributed by atoms with E-state index in [-0.39, 0.29) is 22.2 Å². The number of aromatic nitrogens is 2. The van der Waals surface area contributed by atoms with Crippen LogP contribution in [0.4, 0.5) is 0 Å². The van der Waals surface area contributed by atoms with Crippen molar-refractivity contribution in [3.63, 3.8) is 0 Å². The second-order valence-electron chi connectivity index (χ2n) is 2.73. The third-order valence-electron chi connectivity index (χ3n) is 1.88. The number of nitrogens with zero attached hydrogens (tertiary/aromatic N) is 2. The lowest BCUT2D eigenvalue weighted by Crippen LogP contribution is -2.02. The zero-order valence-corrected chi connectivity index (χ0v) is 7.98. The largest absolute Gasteiger partial charge is 0.478 e. The van der Waals surface area contributed by atoms with E-state index in [4.69, 9.17) is 10.2 Å². The summed E-state index contributed by atoms with van der Waals surface area (Å²) in [7, 11) is 0. The lowest BCUT2D eigenvalue weighted by Gasteiger charge is -1.98. The summed E-state index contributed by atoms with van der Waals surface area (Å²) >= 11 is 0.789. The maximum absolute atomic E-state index is 10.8. The fourth-order valence-electron chi connectivity index (χ4n) is 1.21. The number of hydrogen-bond donors (Lipinski definition) is 2. The highest BCUT2D eigenvalue weighted by Crippen LogP contribution is 2.21. The van der Waals surface area contributed by atoms with Crippen molar-refractivity contribution in [3.05, 3.63) is 23.3 Å². The second-order valence-corrected chi connectivity index (χ2v) is 3.26. The third-order valence-corrected chi connectivity index (χ3v) is 2.40. The van der Waals surface area contributed by atoms with Crippen LogP contribution in [-0.4, -0.2) is 30.9 Å². The van der Waals surface area contributed by atoms with Crippen LogP contribution in [0.2, 0.25) is 0 Å². The van der Waals surface area contributed by atoms with Gasteiger partial charge >= 0.3 is 11.9 Å². The molecule has 15 heavy (non-hydrogen) atoms. The highest BCUT2D eigenvalue weighted by Gasteiger charge is 2.18. The van der Waals surface area contributed by atoms with Crippen LogP contribution >= 0.6 is 11.7 Å². The molecule has 0 aliphatic rings. The summed E-state index contributed by atoms with van der Waals surface area (Å²) in [4.78, 5) is 21.6. The molecule has 0 saturated heterocycles. The normalized spacial score (nSPS) is 10.4. The summed E-state index contributed by atoms with van der Waals surface area (Å²) < 4.78 is 7.54. The molecule has 0 radical (unpaired) electrons. The van der Waals surface area contributed by atoms with Gasteiger partial charge in [0.1, 0.15) is 11.0 Å². The summed E-state index contributed by atoms with van der Waals surface area (Å²) in [6.45, 7) is 0. The average molecular weight is 224 g/mol. The number of carbonyl (C=O) groups is 2. The van der Waals surface area contributed by atoms with E-state index in [0.717, 1.165) is 11.7 Å². The van der Waals surface area contributed by atoms with Gasteiger partial charge < -0.3 is 10.2 Å². The van der Waals surface area contributed by atoms with Crippen LogP contribution in [0.25, 0.3) is 11.0 Å². The van der Waals surface area contributed by atoms with Gasteiger partial charge in [-0.3, -0.25) is 0 Å². The molecule has 0 unspecified atom stereocenters. The highest BCUT2D eigenvalue weighted by molar-refractivity contribution is 7.00. The molecule has 0 bridgehead atoms. The topological polar surface area (TPSA) is 100 Å². The van der Waals surface area contributed by atoms with Crippen molar-refractivity contribution in [1.29, 1.82) is 0 Å². The Morgan fingerprint density at radius 1 is 1.00 bits per heavy atom. The average Bonchev–Trinajstić information content (AvgIpc) is 2.63. The molecule has 0 spiro atoms. The first-order chi connectivity index (χ1) is 7.11. The summed E-state index contributed by atoms with van der Waals surface area (Å²) in [5.41, 5.74) is 0.160. The molecule has 0 aliphatic carbocycles. The van der Waals surface area contributed by atoms with Gasteiger partial charge in [0.15, 0.2) is 0 Å². The molecule has 1 heterocycles. The molecule has 2 rings (SSSR count). The molecule has 6 nitrogen and oxygen atoms in total. The van der Waals surface area contributed by atoms with E-state index in [9.17, 15) is 9.59 Å². The first kappa shape index (κ1) is 9.53. The second kappa shape index (κ2) is 3.28. The molecule has 1 aromatic heterocycles. The Morgan fingerprint density at radius 3 is 1.73 bits per heavy atom. The standard InChI is InChI=1S/C8H4N2O4S/c11-7(12)3-1-2-4(8(13)14)6-5(3)9-15-10-6/h1-2H,(H,11,12)(H,13,14). The molecule has 2 N–H and O–H groups in total. The minimum absolute atomic E-state index is 0.0382. The van der Waals surface area contributed by atoms with E-state index in [1.165, 1.54) is 12.1 Å².